The van der Waals surface area contributed by atoms with Gasteiger partial charge in [-0.2, -0.15) is 0 Å². The standard InChI is InChI=1S/C22H23N3O/c1-15-16(2)24-21-14-19(8-9-20(21)23-15)22(26)25-12-10-18(11-13-25)17-6-4-3-5-7-17/h3-9,14,18H,10-13H2,1-2H3. The van der Waals surface area contributed by atoms with Gasteiger partial charge in [-0.25, -0.2) is 9.97 Å². The van der Waals surface area contributed by atoms with Crippen LogP contribution in [0.5, 0.6) is 0 Å². The minimum atomic E-state index is 0.0958. The molecule has 0 unspecified atom stereocenters. The molecule has 1 amide bonds. The van der Waals surface area contributed by atoms with Gasteiger partial charge in [0.05, 0.1) is 22.4 Å². The van der Waals surface area contributed by atoms with Crippen molar-refractivity contribution >= 4 is 16.9 Å². The van der Waals surface area contributed by atoms with E-state index in [1.165, 1.54) is 5.56 Å². The smallest absolute Gasteiger partial charge is 0.253 e. The quantitative estimate of drug-likeness (QED) is 0.697. The molecule has 0 bridgehead atoms. The predicted octanol–water partition coefficient (Wildman–Crippen LogP) is 4.27. The molecular formula is C22H23N3O. The summed E-state index contributed by atoms with van der Waals surface area (Å²) >= 11 is 0. The number of rotatable bonds is 2. The zero-order valence-corrected chi connectivity index (χ0v) is 15.3. The minimum absolute atomic E-state index is 0.0958. The Morgan fingerprint density at radius 3 is 2.27 bits per heavy atom. The van der Waals surface area contributed by atoms with Crippen LogP contribution in [0.25, 0.3) is 11.0 Å². The van der Waals surface area contributed by atoms with E-state index < -0.39 is 0 Å². The molecule has 1 saturated heterocycles. The van der Waals surface area contributed by atoms with Crippen molar-refractivity contribution < 1.29 is 4.79 Å². The summed E-state index contributed by atoms with van der Waals surface area (Å²) in [6, 6.07) is 16.3. The largest absolute Gasteiger partial charge is 0.339 e. The Balaban J connectivity index is 1.50. The fourth-order valence-electron chi connectivity index (χ4n) is 3.69. The van der Waals surface area contributed by atoms with Gasteiger partial charge in [-0.1, -0.05) is 30.3 Å². The lowest BCUT2D eigenvalue weighted by Crippen LogP contribution is -2.37. The average Bonchev–Trinajstić information content (AvgIpc) is 2.69. The Morgan fingerprint density at radius 2 is 1.58 bits per heavy atom. The normalized spacial score (nSPS) is 15.4. The lowest BCUT2D eigenvalue weighted by molar-refractivity contribution is 0.0713. The van der Waals surface area contributed by atoms with Crippen molar-refractivity contribution in [2.75, 3.05) is 13.1 Å². The van der Waals surface area contributed by atoms with E-state index in [-0.39, 0.29) is 5.91 Å². The topological polar surface area (TPSA) is 46.1 Å². The number of nitrogens with zero attached hydrogens (tertiary/aromatic N) is 3. The number of amides is 1. The van der Waals surface area contributed by atoms with Gasteiger partial charge in [0.2, 0.25) is 0 Å². The van der Waals surface area contributed by atoms with Crippen LogP contribution >= 0.6 is 0 Å². The van der Waals surface area contributed by atoms with Gasteiger partial charge in [0.15, 0.2) is 0 Å². The van der Waals surface area contributed by atoms with Crippen molar-refractivity contribution in [3.63, 3.8) is 0 Å². The first kappa shape index (κ1) is 16.7. The van der Waals surface area contributed by atoms with E-state index in [9.17, 15) is 4.79 Å². The Hall–Kier alpha value is -2.75. The van der Waals surface area contributed by atoms with Crippen LogP contribution in [0.15, 0.2) is 48.5 Å². The van der Waals surface area contributed by atoms with Crippen LogP contribution in [-0.4, -0.2) is 33.9 Å². The second-order valence-electron chi connectivity index (χ2n) is 7.08. The monoisotopic (exact) mass is 345 g/mol. The van der Waals surface area contributed by atoms with Crippen molar-refractivity contribution in [1.29, 1.82) is 0 Å². The molecule has 0 spiro atoms. The van der Waals surface area contributed by atoms with E-state index >= 15 is 0 Å². The van der Waals surface area contributed by atoms with Gasteiger partial charge in [0.1, 0.15) is 0 Å². The van der Waals surface area contributed by atoms with Crippen LogP contribution in [0.2, 0.25) is 0 Å². The molecule has 0 N–H and O–H groups in total. The van der Waals surface area contributed by atoms with Crippen molar-refractivity contribution in [1.82, 2.24) is 14.9 Å². The van der Waals surface area contributed by atoms with E-state index in [0.29, 0.717) is 11.5 Å². The summed E-state index contributed by atoms with van der Waals surface area (Å²) < 4.78 is 0. The zero-order valence-electron chi connectivity index (χ0n) is 15.3. The Labute approximate surface area is 153 Å². The van der Waals surface area contributed by atoms with Gasteiger partial charge in [-0.3, -0.25) is 4.79 Å². The molecule has 132 valence electrons. The lowest BCUT2D eigenvalue weighted by Gasteiger charge is -2.32. The highest BCUT2D eigenvalue weighted by Crippen LogP contribution is 2.28. The van der Waals surface area contributed by atoms with Crippen molar-refractivity contribution in [2.24, 2.45) is 0 Å². The van der Waals surface area contributed by atoms with E-state index in [2.05, 4.69) is 34.2 Å². The number of piperidine rings is 1. The Kier molecular flexibility index (Phi) is 4.41. The third-order valence-electron chi connectivity index (χ3n) is 5.38. The molecule has 0 saturated carbocycles. The van der Waals surface area contributed by atoms with Crippen molar-refractivity contribution in [2.45, 2.75) is 32.6 Å². The van der Waals surface area contributed by atoms with Gasteiger partial charge in [0.25, 0.3) is 5.91 Å². The molecule has 0 aliphatic carbocycles. The number of carbonyl (C=O) groups excluding carboxylic acids is 1. The fraction of sp³-hybridized carbons (Fsp3) is 0.318. The van der Waals surface area contributed by atoms with Crippen molar-refractivity contribution in [3.8, 4) is 0 Å². The van der Waals surface area contributed by atoms with Crippen LogP contribution in [0.3, 0.4) is 0 Å². The van der Waals surface area contributed by atoms with Gasteiger partial charge in [0, 0.05) is 18.7 Å². The third kappa shape index (κ3) is 3.19. The second-order valence-corrected chi connectivity index (χ2v) is 7.08. The zero-order chi connectivity index (χ0) is 18.1. The number of aryl methyl sites for hydroxylation is 2. The van der Waals surface area contributed by atoms with Crippen molar-refractivity contribution in [3.05, 3.63) is 71.0 Å². The van der Waals surface area contributed by atoms with Crippen LogP contribution in [0.4, 0.5) is 0 Å². The molecule has 1 aliphatic rings. The number of carbonyl (C=O) groups is 1. The molecule has 3 aromatic rings. The second kappa shape index (κ2) is 6.87. The van der Waals surface area contributed by atoms with Gasteiger partial charge >= 0.3 is 0 Å². The summed E-state index contributed by atoms with van der Waals surface area (Å²) in [5.74, 6) is 0.645. The van der Waals surface area contributed by atoms with Crippen LogP contribution in [0, 0.1) is 13.8 Å². The summed E-state index contributed by atoms with van der Waals surface area (Å²) in [5.41, 5.74) is 5.55. The van der Waals surface area contributed by atoms with Crippen LogP contribution < -0.4 is 0 Å². The summed E-state index contributed by atoms with van der Waals surface area (Å²) in [5, 5.41) is 0. The number of aromatic nitrogens is 2. The van der Waals surface area contributed by atoms with E-state index in [4.69, 9.17) is 0 Å². The first-order valence-corrected chi connectivity index (χ1v) is 9.21. The molecule has 26 heavy (non-hydrogen) atoms. The number of fused-ring (bicyclic) bond motifs is 1. The summed E-state index contributed by atoms with van der Waals surface area (Å²) in [6.45, 7) is 5.51. The first-order valence-electron chi connectivity index (χ1n) is 9.21. The third-order valence-corrected chi connectivity index (χ3v) is 5.38. The molecular weight excluding hydrogens is 322 g/mol. The minimum Gasteiger partial charge on any atom is -0.339 e. The summed E-state index contributed by atoms with van der Waals surface area (Å²) in [6.07, 6.45) is 2.03. The van der Waals surface area contributed by atoms with E-state index in [1.54, 1.807) is 0 Å². The number of likely N-dealkylation sites (tertiary alicyclic amines) is 1. The molecule has 0 atom stereocenters. The maximum atomic E-state index is 12.9. The number of hydrogen-bond donors (Lipinski definition) is 0. The highest BCUT2D eigenvalue weighted by atomic mass is 16.2. The Bertz CT molecular complexity index is 944. The SMILES string of the molecule is Cc1nc2ccc(C(=O)N3CCC(c4ccccc4)CC3)cc2nc1C. The molecule has 0 radical (unpaired) electrons. The molecule has 2 aromatic carbocycles. The van der Waals surface area contributed by atoms with E-state index in [1.807, 2.05) is 43.0 Å². The maximum Gasteiger partial charge on any atom is 0.253 e. The highest BCUT2D eigenvalue weighted by molar-refractivity contribution is 5.97. The Morgan fingerprint density at radius 1 is 0.923 bits per heavy atom. The molecule has 1 aliphatic heterocycles. The van der Waals surface area contributed by atoms with Gasteiger partial charge < -0.3 is 4.90 Å². The molecule has 4 rings (SSSR count). The molecule has 1 fully saturated rings. The first-order chi connectivity index (χ1) is 12.6. The van der Waals surface area contributed by atoms with E-state index in [0.717, 1.165) is 48.4 Å². The highest BCUT2D eigenvalue weighted by Gasteiger charge is 2.24. The fourth-order valence-corrected chi connectivity index (χ4v) is 3.69. The maximum absolute atomic E-state index is 12.9. The van der Waals surface area contributed by atoms with Crippen LogP contribution in [-0.2, 0) is 0 Å². The lowest BCUT2D eigenvalue weighted by atomic mass is 9.89. The molecule has 4 heteroatoms. The molecule has 1 aromatic heterocycles. The number of benzene rings is 2. The molecule has 4 nitrogen and oxygen atoms in total. The predicted molar refractivity (Wildman–Crippen MR) is 103 cm³/mol. The summed E-state index contributed by atoms with van der Waals surface area (Å²) in [4.78, 5) is 24.0. The van der Waals surface area contributed by atoms with Crippen LogP contribution in [0.1, 0.15) is 46.1 Å². The summed E-state index contributed by atoms with van der Waals surface area (Å²) in [7, 11) is 0. The van der Waals surface area contributed by atoms with Gasteiger partial charge in [-0.15, -0.1) is 0 Å². The number of hydrogen-bond acceptors (Lipinski definition) is 3. The average molecular weight is 345 g/mol. The van der Waals surface area contributed by atoms with Gasteiger partial charge in [-0.05, 0) is 56.4 Å². The molecule has 2 heterocycles.